The third kappa shape index (κ3) is 5.69. The minimum atomic E-state index is -0.609. The van der Waals surface area contributed by atoms with Gasteiger partial charge in [-0.2, -0.15) is 5.10 Å². The molecule has 0 spiro atoms. The predicted octanol–water partition coefficient (Wildman–Crippen LogP) is 4.23. The second-order valence-electron chi connectivity index (χ2n) is 7.31. The Morgan fingerprint density at radius 2 is 1.78 bits per heavy atom. The molecule has 3 aromatic rings. The number of halogens is 1. The van der Waals surface area contributed by atoms with E-state index in [9.17, 15) is 14.0 Å². The zero-order valence-electron chi connectivity index (χ0n) is 18.4. The number of amides is 1. The molecule has 3 rings (SSSR count). The first-order valence-electron chi connectivity index (χ1n) is 10.4. The largest absolute Gasteiger partial charge is 0.452 e. The van der Waals surface area contributed by atoms with Gasteiger partial charge < -0.3 is 9.64 Å². The Kier molecular flexibility index (Phi) is 7.54. The molecule has 0 aliphatic carbocycles. The summed E-state index contributed by atoms with van der Waals surface area (Å²) in [6.45, 7) is 6.22. The number of aromatic nitrogens is 2. The van der Waals surface area contributed by atoms with Crippen molar-refractivity contribution in [3.05, 3.63) is 89.0 Å². The van der Waals surface area contributed by atoms with Gasteiger partial charge in [-0.05, 0) is 56.7 Å². The number of ether oxygens (including phenoxy) is 1. The van der Waals surface area contributed by atoms with Gasteiger partial charge in [-0.25, -0.2) is 13.9 Å². The Morgan fingerprint density at radius 1 is 1.09 bits per heavy atom. The third-order valence-corrected chi connectivity index (χ3v) is 5.09. The molecule has 7 heteroatoms. The van der Waals surface area contributed by atoms with Crippen molar-refractivity contribution in [2.24, 2.45) is 0 Å². The van der Waals surface area contributed by atoms with E-state index in [0.717, 1.165) is 22.5 Å². The summed E-state index contributed by atoms with van der Waals surface area (Å²) in [5.41, 5.74) is 4.01. The number of nitrogens with zero attached hydrogens (tertiary/aromatic N) is 3. The monoisotopic (exact) mass is 435 g/mol. The predicted molar refractivity (Wildman–Crippen MR) is 121 cm³/mol. The molecule has 1 aromatic heterocycles. The summed E-state index contributed by atoms with van der Waals surface area (Å²) in [5.74, 6) is -1.19. The van der Waals surface area contributed by atoms with Crippen LogP contribution in [0.4, 0.5) is 4.39 Å². The van der Waals surface area contributed by atoms with Gasteiger partial charge in [0, 0.05) is 30.4 Å². The SMILES string of the molecule is CCN(Cc1ccccc1)C(=O)COC(=O)/C=C/c1c(C)nn(-c2ccc(F)cc2)c1C. The zero-order valence-corrected chi connectivity index (χ0v) is 18.4. The van der Waals surface area contributed by atoms with Gasteiger partial charge in [-0.1, -0.05) is 30.3 Å². The van der Waals surface area contributed by atoms with Crippen molar-refractivity contribution < 1.29 is 18.7 Å². The highest BCUT2D eigenvalue weighted by Gasteiger charge is 2.15. The minimum absolute atomic E-state index is 0.255. The fourth-order valence-corrected chi connectivity index (χ4v) is 3.33. The average Bonchev–Trinajstić information content (AvgIpc) is 3.08. The highest BCUT2D eigenvalue weighted by Crippen LogP contribution is 2.19. The number of aryl methyl sites for hydroxylation is 1. The van der Waals surface area contributed by atoms with Crippen molar-refractivity contribution in [1.29, 1.82) is 0 Å². The fraction of sp³-hybridized carbons (Fsp3) is 0.240. The average molecular weight is 435 g/mol. The van der Waals surface area contributed by atoms with E-state index in [0.29, 0.717) is 18.8 Å². The molecule has 0 saturated carbocycles. The molecule has 0 bridgehead atoms. The summed E-state index contributed by atoms with van der Waals surface area (Å²) in [4.78, 5) is 26.2. The molecule has 0 radical (unpaired) electrons. The first-order chi connectivity index (χ1) is 15.4. The lowest BCUT2D eigenvalue weighted by atomic mass is 10.2. The molecular formula is C25H26FN3O3. The van der Waals surface area contributed by atoms with Crippen LogP contribution in [-0.4, -0.2) is 39.7 Å². The number of carbonyl (C=O) groups excluding carboxylic acids is 2. The summed E-state index contributed by atoms with van der Waals surface area (Å²) in [6, 6.07) is 15.7. The molecule has 2 aromatic carbocycles. The number of esters is 1. The third-order valence-electron chi connectivity index (χ3n) is 5.09. The van der Waals surface area contributed by atoms with Crippen molar-refractivity contribution in [2.45, 2.75) is 27.3 Å². The summed E-state index contributed by atoms with van der Waals surface area (Å²) in [7, 11) is 0. The van der Waals surface area contributed by atoms with Crippen LogP contribution in [0.5, 0.6) is 0 Å². The van der Waals surface area contributed by atoms with E-state index < -0.39 is 5.97 Å². The van der Waals surface area contributed by atoms with Crippen LogP contribution in [0, 0.1) is 19.7 Å². The molecule has 1 amide bonds. The highest BCUT2D eigenvalue weighted by atomic mass is 19.1. The number of likely N-dealkylation sites (N-methyl/N-ethyl adjacent to an activating group) is 1. The quantitative estimate of drug-likeness (QED) is 0.392. The van der Waals surface area contributed by atoms with Gasteiger partial charge in [0.15, 0.2) is 6.61 Å². The van der Waals surface area contributed by atoms with Gasteiger partial charge >= 0.3 is 5.97 Å². The van der Waals surface area contributed by atoms with Gasteiger partial charge in [-0.15, -0.1) is 0 Å². The molecule has 6 nitrogen and oxygen atoms in total. The molecule has 0 fully saturated rings. The van der Waals surface area contributed by atoms with E-state index in [1.54, 1.807) is 27.8 Å². The van der Waals surface area contributed by atoms with Crippen LogP contribution in [0.1, 0.15) is 29.4 Å². The van der Waals surface area contributed by atoms with E-state index in [2.05, 4.69) is 5.10 Å². The van der Waals surface area contributed by atoms with E-state index >= 15 is 0 Å². The molecule has 0 aliphatic heterocycles. The van der Waals surface area contributed by atoms with Crippen LogP contribution >= 0.6 is 0 Å². The summed E-state index contributed by atoms with van der Waals surface area (Å²) in [5, 5.41) is 4.47. The molecule has 32 heavy (non-hydrogen) atoms. The van der Waals surface area contributed by atoms with Gasteiger partial charge in [0.1, 0.15) is 5.82 Å². The van der Waals surface area contributed by atoms with E-state index in [1.807, 2.05) is 51.1 Å². The topological polar surface area (TPSA) is 64.4 Å². The second kappa shape index (κ2) is 10.5. The first kappa shape index (κ1) is 22.9. The van der Waals surface area contributed by atoms with Crippen molar-refractivity contribution in [3.8, 4) is 5.69 Å². The molecule has 0 N–H and O–H groups in total. The summed E-state index contributed by atoms with van der Waals surface area (Å²) >= 11 is 0. The fourth-order valence-electron chi connectivity index (χ4n) is 3.33. The molecule has 0 saturated heterocycles. The first-order valence-corrected chi connectivity index (χ1v) is 10.4. The van der Waals surface area contributed by atoms with Gasteiger partial charge in [-0.3, -0.25) is 4.79 Å². The van der Waals surface area contributed by atoms with Crippen LogP contribution in [0.25, 0.3) is 11.8 Å². The molecule has 1 heterocycles. The Hall–Kier alpha value is -3.74. The molecule has 0 unspecified atom stereocenters. The minimum Gasteiger partial charge on any atom is -0.452 e. The standard InChI is InChI=1S/C25H26FN3O3/c1-4-28(16-20-8-6-5-7-9-20)24(30)17-32-25(31)15-14-23-18(2)27-29(19(23)3)22-12-10-21(26)11-13-22/h5-15H,4,16-17H2,1-3H3/b15-14+. The molecule has 0 aliphatic rings. The maximum absolute atomic E-state index is 13.2. The lowest BCUT2D eigenvalue weighted by Gasteiger charge is -2.20. The number of benzene rings is 2. The molecule has 0 atom stereocenters. The van der Waals surface area contributed by atoms with Crippen LogP contribution < -0.4 is 0 Å². The van der Waals surface area contributed by atoms with Gasteiger partial charge in [0.25, 0.3) is 5.91 Å². The van der Waals surface area contributed by atoms with E-state index in [4.69, 9.17) is 4.74 Å². The van der Waals surface area contributed by atoms with Crippen LogP contribution in [-0.2, 0) is 20.9 Å². The zero-order chi connectivity index (χ0) is 23.1. The lowest BCUT2D eigenvalue weighted by molar-refractivity contribution is -0.148. The summed E-state index contributed by atoms with van der Waals surface area (Å²) < 4.78 is 20.0. The Balaban J connectivity index is 1.60. The Morgan fingerprint density at radius 3 is 2.44 bits per heavy atom. The Bertz CT molecular complexity index is 1110. The van der Waals surface area contributed by atoms with Gasteiger partial charge in [0.05, 0.1) is 11.4 Å². The maximum Gasteiger partial charge on any atom is 0.331 e. The Labute approximate surface area is 186 Å². The van der Waals surface area contributed by atoms with E-state index in [1.165, 1.54) is 18.2 Å². The number of hydrogen-bond donors (Lipinski definition) is 0. The van der Waals surface area contributed by atoms with Crippen molar-refractivity contribution >= 4 is 18.0 Å². The number of hydrogen-bond acceptors (Lipinski definition) is 4. The van der Waals surface area contributed by atoms with Crippen molar-refractivity contribution in [1.82, 2.24) is 14.7 Å². The van der Waals surface area contributed by atoms with Crippen LogP contribution in [0.3, 0.4) is 0 Å². The molecule has 166 valence electrons. The number of carbonyl (C=O) groups is 2. The highest BCUT2D eigenvalue weighted by molar-refractivity contribution is 5.89. The number of rotatable bonds is 8. The smallest absolute Gasteiger partial charge is 0.331 e. The van der Waals surface area contributed by atoms with E-state index in [-0.39, 0.29) is 18.3 Å². The lowest BCUT2D eigenvalue weighted by Crippen LogP contribution is -2.33. The van der Waals surface area contributed by atoms with Crippen LogP contribution in [0.2, 0.25) is 0 Å². The summed E-state index contributed by atoms with van der Waals surface area (Å²) in [6.07, 6.45) is 2.90. The van der Waals surface area contributed by atoms with Crippen LogP contribution in [0.15, 0.2) is 60.7 Å². The van der Waals surface area contributed by atoms with Crippen molar-refractivity contribution in [2.75, 3.05) is 13.2 Å². The van der Waals surface area contributed by atoms with Crippen molar-refractivity contribution in [3.63, 3.8) is 0 Å². The maximum atomic E-state index is 13.2. The molecular weight excluding hydrogens is 409 g/mol. The normalized spacial score (nSPS) is 11.0. The van der Waals surface area contributed by atoms with Gasteiger partial charge in [0.2, 0.25) is 0 Å². The second-order valence-corrected chi connectivity index (χ2v) is 7.31.